The van der Waals surface area contributed by atoms with Crippen LogP contribution in [0.3, 0.4) is 0 Å². The third-order valence-electron chi connectivity index (χ3n) is 4.30. The van der Waals surface area contributed by atoms with Gasteiger partial charge in [0.15, 0.2) is 0 Å². The maximum absolute atomic E-state index is 5.70. The van der Waals surface area contributed by atoms with Crippen molar-refractivity contribution in [1.29, 1.82) is 0 Å². The average molecular weight is 263 g/mol. The molecule has 1 atom stereocenters. The third-order valence-corrected chi connectivity index (χ3v) is 4.30. The molecule has 4 nitrogen and oxygen atoms in total. The Bertz CT molecular complexity index is 404. The largest absolute Gasteiger partial charge is 0.378 e. The van der Waals surface area contributed by atoms with Gasteiger partial charge in [-0.25, -0.2) is 4.98 Å². The number of imidazole rings is 1. The Balaban J connectivity index is 1.59. The summed E-state index contributed by atoms with van der Waals surface area (Å²) in [5, 5.41) is 3.62. The van der Waals surface area contributed by atoms with Crippen LogP contribution in [-0.2, 0) is 11.3 Å². The Morgan fingerprint density at radius 1 is 1.32 bits per heavy atom. The number of nitrogens with one attached hydrogen (secondary N) is 1. The number of hydrogen-bond donors (Lipinski definition) is 1. The molecule has 1 aromatic rings. The number of aromatic nitrogens is 2. The molecule has 1 N–H and O–H groups in total. The van der Waals surface area contributed by atoms with Crippen molar-refractivity contribution in [2.24, 2.45) is 0 Å². The lowest BCUT2D eigenvalue weighted by Crippen LogP contribution is -2.19. The number of nitrogens with zero attached hydrogens (tertiary/aromatic N) is 2. The van der Waals surface area contributed by atoms with Crippen molar-refractivity contribution in [2.75, 3.05) is 11.9 Å². The van der Waals surface area contributed by atoms with E-state index in [0.717, 1.165) is 31.2 Å². The minimum Gasteiger partial charge on any atom is -0.378 e. The van der Waals surface area contributed by atoms with E-state index in [0.29, 0.717) is 12.1 Å². The molecule has 1 aromatic heterocycles. The predicted octanol–water partition coefficient (Wildman–Crippen LogP) is 3.12. The van der Waals surface area contributed by atoms with Crippen molar-refractivity contribution in [3.8, 4) is 0 Å². The number of aryl methyl sites for hydroxylation is 2. The van der Waals surface area contributed by atoms with Crippen molar-refractivity contribution in [2.45, 2.75) is 70.6 Å². The second kappa shape index (κ2) is 5.95. The van der Waals surface area contributed by atoms with Crippen LogP contribution >= 0.6 is 0 Å². The molecule has 0 radical (unpaired) electrons. The molecule has 19 heavy (non-hydrogen) atoms. The smallest absolute Gasteiger partial charge is 0.203 e. The fraction of sp³-hybridized carbons (Fsp3) is 0.800. The summed E-state index contributed by atoms with van der Waals surface area (Å²) in [6.45, 7) is 4.03. The second-order valence-electron chi connectivity index (χ2n) is 5.95. The van der Waals surface area contributed by atoms with E-state index in [-0.39, 0.29) is 0 Å². The molecule has 4 heteroatoms. The third kappa shape index (κ3) is 3.30. The summed E-state index contributed by atoms with van der Waals surface area (Å²) in [6, 6.07) is 0.628. The zero-order valence-corrected chi connectivity index (χ0v) is 11.9. The molecular weight excluding hydrogens is 238 g/mol. The molecule has 106 valence electrons. The van der Waals surface area contributed by atoms with Gasteiger partial charge < -0.3 is 14.6 Å². The lowest BCUT2D eigenvalue weighted by atomic mass is 10.2. The summed E-state index contributed by atoms with van der Waals surface area (Å²) in [6.07, 6.45) is 11.5. The summed E-state index contributed by atoms with van der Waals surface area (Å²) in [7, 11) is 0. The van der Waals surface area contributed by atoms with E-state index < -0.39 is 0 Å². The monoisotopic (exact) mass is 263 g/mol. The molecule has 1 aliphatic carbocycles. The molecule has 0 bridgehead atoms. The molecule has 1 saturated heterocycles. The lowest BCUT2D eigenvalue weighted by molar-refractivity contribution is 0.100. The van der Waals surface area contributed by atoms with Gasteiger partial charge in [0.25, 0.3) is 0 Å². The first-order chi connectivity index (χ1) is 9.31. The molecule has 2 aliphatic rings. The van der Waals surface area contributed by atoms with Crippen LogP contribution in [0.2, 0.25) is 0 Å². The van der Waals surface area contributed by atoms with E-state index in [9.17, 15) is 0 Å². The Labute approximate surface area is 115 Å². The Kier molecular flexibility index (Phi) is 4.06. The van der Waals surface area contributed by atoms with E-state index in [1.54, 1.807) is 0 Å². The van der Waals surface area contributed by atoms with Gasteiger partial charge in [0.1, 0.15) is 0 Å². The molecule has 1 aliphatic heterocycles. The summed E-state index contributed by atoms with van der Waals surface area (Å²) in [5.41, 5.74) is 1.10. The fourth-order valence-corrected chi connectivity index (χ4v) is 3.24. The zero-order chi connectivity index (χ0) is 13.1. The Morgan fingerprint density at radius 3 is 2.89 bits per heavy atom. The number of hydrogen-bond acceptors (Lipinski definition) is 3. The van der Waals surface area contributed by atoms with Crippen molar-refractivity contribution in [3.63, 3.8) is 0 Å². The summed E-state index contributed by atoms with van der Waals surface area (Å²) < 4.78 is 7.97. The Hall–Kier alpha value is -1.03. The molecule has 2 fully saturated rings. The SMILES string of the molecule is Cc1cn(CCC2CCCO2)c(NC2CCCC2)n1. The molecular formula is C15H25N3O. The predicted molar refractivity (Wildman–Crippen MR) is 76.4 cm³/mol. The van der Waals surface area contributed by atoms with Crippen LogP contribution in [-0.4, -0.2) is 28.3 Å². The van der Waals surface area contributed by atoms with Crippen molar-refractivity contribution < 1.29 is 4.74 Å². The van der Waals surface area contributed by atoms with Crippen LogP contribution in [0.5, 0.6) is 0 Å². The minimum absolute atomic E-state index is 0.460. The second-order valence-corrected chi connectivity index (χ2v) is 5.95. The summed E-state index contributed by atoms with van der Waals surface area (Å²) in [4.78, 5) is 4.63. The standard InChI is InChI=1S/C15H25N3O/c1-12-11-18(9-8-14-7-4-10-19-14)15(16-12)17-13-5-2-3-6-13/h11,13-14H,2-10H2,1H3,(H,16,17). The molecule has 2 heterocycles. The Morgan fingerprint density at radius 2 is 2.16 bits per heavy atom. The van der Waals surface area contributed by atoms with Crippen LogP contribution < -0.4 is 5.32 Å². The van der Waals surface area contributed by atoms with Crippen molar-refractivity contribution >= 4 is 5.95 Å². The van der Waals surface area contributed by atoms with Crippen molar-refractivity contribution in [3.05, 3.63) is 11.9 Å². The van der Waals surface area contributed by atoms with Crippen LogP contribution in [0.4, 0.5) is 5.95 Å². The lowest BCUT2D eigenvalue weighted by Gasteiger charge is -2.16. The highest BCUT2D eigenvalue weighted by atomic mass is 16.5. The summed E-state index contributed by atoms with van der Waals surface area (Å²) in [5.74, 6) is 1.06. The zero-order valence-electron chi connectivity index (χ0n) is 11.9. The first kappa shape index (κ1) is 13.0. The first-order valence-corrected chi connectivity index (χ1v) is 7.73. The number of anilines is 1. The van der Waals surface area contributed by atoms with Gasteiger partial charge in [-0.15, -0.1) is 0 Å². The molecule has 3 rings (SSSR count). The molecule has 1 saturated carbocycles. The molecule has 1 unspecified atom stereocenters. The van der Waals surface area contributed by atoms with E-state index >= 15 is 0 Å². The first-order valence-electron chi connectivity index (χ1n) is 7.73. The van der Waals surface area contributed by atoms with Gasteiger partial charge in [0, 0.05) is 25.4 Å². The number of ether oxygens (including phenoxy) is 1. The maximum atomic E-state index is 5.70. The van der Waals surface area contributed by atoms with Gasteiger partial charge in [-0.1, -0.05) is 12.8 Å². The maximum Gasteiger partial charge on any atom is 0.203 e. The fourth-order valence-electron chi connectivity index (χ4n) is 3.24. The van der Waals surface area contributed by atoms with Gasteiger partial charge in [-0.2, -0.15) is 0 Å². The molecule has 0 spiro atoms. The minimum atomic E-state index is 0.460. The topological polar surface area (TPSA) is 39.1 Å². The van der Waals surface area contributed by atoms with Crippen LogP contribution in [0.15, 0.2) is 6.20 Å². The number of rotatable bonds is 5. The summed E-state index contributed by atoms with van der Waals surface area (Å²) >= 11 is 0. The average Bonchev–Trinajstić information content (AvgIpc) is 3.10. The van der Waals surface area contributed by atoms with Crippen molar-refractivity contribution in [1.82, 2.24) is 9.55 Å². The van der Waals surface area contributed by atoms with Gasteiger partial charge >= 0.3 is 0 Å². The molecule has 0 amide bonds. The normalized spacial score (nSPS) is 24.2. The molecule has 0 aromatic carbocycles. The highest BCUT2D eigenvalue weighted by Crippen LogP contribution is 2.23. The van der Waals surface area contributed by atoms with Gasteiger partial charge in [0.2, 0.25) is 5.95 Å². The van der Waals surface area contributed by atoms with E-state index in [4.69, 9.17) is 4.74 Å². The highest BCUT2D eigenvalue weighted by molar-refractivity contribution is 5.30. The highest BCUT2D eigenvalue weighted by Gasteiger charge is 2.19. The van der Waals surface area contributed by atoms with Gasteiger partial charge in [-0.05, 0) is 39.0 Å². The van der Waals surface area contributed by atoms with Crippen LogP contribution in [0, 0.1) is 6.92 Å². The van der Waals surface area contributed by atoms with Crippen LogP contribution in [0.25, 0.3) is 0 Å². The van der Waals surface area contributed by atoms with Gasteiger partial charge in [0.05, 0.1) is 11.8 Å². The van der Waals surface area contributed by atoms with E-state index in [1.807, 2.05) is 0 Å². The van der Waals surface area contributed by atoms with E-state index in [1.165, 1.54) is 38.5 Å². The van der Waals surface area contributed by atoms with Gasteiger partial charge in [-0.3, -0.25) is 0 Å². The van der Waals surface area contributed by atoms with Crippen LogP contribution in [0.1, 0.15) is 50.6 Å². The quantitative estimate of drug-likeness (QED) is 0.887. The van der Waals surface area contributed by atoms with E-state index in [2.05, 4.69) is 28.0 Å².